The largest absolute Gasteiger partial charge is 0.381 e. The van der Waals surface area contributed by atoms with E-state index in [-0.39, 0.29) is 55.1 Å². The number of fused-ring (bicyclic) bond motifs is 1. The predicted octanol–water partition coefficient (Wildman–Crippen LogP) is 2.72. The normalized spacial score (nSPS) is 17.0. The molecule has 2 atom stereocenters. The molecular formula is C45H48N8O10S2. The van der Waals surface area contributed by atoms with E-state index in [2.05, 4.69) is 37.7 Å². The number of amides is 7. The first-order valence-corrected chi connectivity index (χ1v) is 23.9. The Hall–Kier alpha value is -6.53. The number of rotatable bonds is 17. The average Bonchev–Trinajstić information content (AvgIpc) is 4.04. The maximum Gasteiger partial charge on any atom is 0.262 e. The Kier molecular flexibility index (Phi) is 15.0. The highest BCUT2D eigenvalue weighted by molar-refractivity contribution is 7.89. The topological polar surface area (TPSA) is 226 Å². The number of anilines is 1. The first-order chi connectivity index (χ1) is 31.2. The predicted molar refractivity (Wildman–Crippen MR) is 239 cm³/mol. The maximum absolute atomic E-state index is 13.4. The molecule has 3 N–H and O–H groups in total. The van der Waals surface area contributed by atoms with Gasteiger partial charge in [0.05, 0.1) is 28.6 Å². The lowest BCUT2D eigenvalue weighted by atomic mass is 10.0. The lowest BCUT2D eigenvalue weighted by Crippen LogP contribution is -2.54. The molecule has 18 nitrogen and oxygen atoms in total. The number of benzene rings is 2. The fraction of sp³-hybridized carbons (Fsp3) is 0.378. The van der Waals surface area contributed by atoms with Gasteiger partial charge in [0.15, 0.2) is 5.13 Å². The summed E-state index contributed by atoms with van der Waals surface area (Å²) in [6.07, 6.45) is 5.84. The number of nitrogens with one attached hydrogen (secondary N) is 3. The van der Waals surface area contributed by atoms with Crippen molar-refractivity contribution in [2.75, 3.05) is 57.5 Å². The van der Waals surface area contributed by atoms with E-state index in [1.807, 2.05) is 40.6 Å². The summed E-state index contributed by atoms with van der Waals surface area (Å²) in [5.41, 5.74) is 2.61. The molecule has 5 heterocycles. The van der Waals surface area contributed by atoms with Gasteiger partial charge in [0.1, 0.15) is 12.1 Å². The van der Waals surface area contributed by atoms with Gasteiger partial charge >= 0.3 is 0 Å². The smallest absolute Gasteiger partial charge is 0.262 e. The minimum Gasteiger partial charge on any atom is -0.381 e. The number of carbonyl (C=O) groups excluding carboxylic acids is 7. The van der Waals surface area contributed by atoms with E-state index in [0.29, 0.717) is 48.7 Å². The van der Waals surface area contributed by atoms with Crippen LogP contribution in [-0.2, 0) is 33.9 Å². The molecule has 20 heteroatoms. The zero-order valence-corrected chi connectivity index (χ0v) is 37.3. The Balaban J connectivity index is 0.805. The molecular weight excluding hydrogens is 877 g/mol. The average molecular weight is 925 g/mol. The third-order valence-corrected chi connectivity index (χ3v) is 12.9. The molecule has 3 aliphatic heterocycles. The van der Waals surface area contributed by atoms with Crippen molar-refractivity contribution in [1.29, 1.82) is 0 Å². The Morgan fingerprint density at radius 1 is 0.969 bits per heavy atom. The number of unbranched alkanes of at least 4 members (excludes halogenated alkanes) is 1. The van der Waals surface area contributed by atoms with Gasteiger partial charge in [0, 0.05) is 87.6 Å². The Labute approximate surface area is 379 Å². The summed E-state index contributed by atoms with van der Waals surface area (Å²) in [6.45, 7) is 3.81. The summed E-state index contributed by atoms with van der Waals surface area (Å²) in [5.74, 6) is 2.85. The molecule has 7 amide bonds. The first kappa shape index (κ1) is 46.5. The van der Waals surface area contributed by atoms with Crippen LogP contribution >= 0.6 is 11.3 Å². The van der Waals surface area contributed by atoms with Crippen molar-refractivity contribution in [1.82, 2.24) is 34.3 Å². The fourth-order valence-corrected chi connectivity index (χ4v) is 8.91. The Bertz CT molecular complexity index is 2640. The molecule has 0 aliphatic carbocycles. The quantitative estimate of drug-likeness (QED) is 0.0790. The van der Waals surface area contributed by atoms with Crippen molar-refractivity contribution >= 4 is 67.8 Å². The maximum atomic E-state index is 13.4. The summed E-state index contributed by atoms with van der Waals surface area (Å²) in [5, 5.41) is 9.81. The van der Waals surface area contributed by atoms with Gasteiger partial charge in [-0.2, -0.15) is 0 Å². The van der Waals surface area contributed by atoms with E-state index in [4.69, 9.17) is 4.74 Å². The van der Waals surface area contributed by atoms with Crippen LogP contribution in [0.1, 0.15) is 81.6 Å². The standard InChI is InChI=1S/C45H48N8O10S2/c1-65(61,62)52-20-17-32(28-52)40(56)46-35(41(57)49-45-47-36(29-64-45)31-10-5-2-6-11-31)18-26-63-25-8-12-39(55)51-23-21-50(22-24-51)19-7-3-4-9-30-13-14-33-34(27-30)44(60)53(43(33)59)37-15-16-38(54)48-42(37)58/h2,5-6,10-11,13-14,17,20,27-29,35,37H,3,7-8,12,15-16,18-19,21-26H2,1H3,(H,46,56)(H,47,49,57)(H,48,54,58)/t35-,37?/m0/s1. The van der Waals surface area contributed by atoms with E-state index < -0.39 is 57.6 Å². The zero-order valence-electron chi connectivity index (χ0n) is 35.6. The van der Waals surface area contributed by atoms with Gasteiger partial charge in [-0.05, 0) is 56.5 Å². The molecule has 2 fully saturated rings. The van der Waals surface area contributed by atoms with Gasteiger partial charge in [-0.15, -0.1) is 11.3 Å². The summed E-state index contributed by atoms with van der Waals surface area (Å²) in [4.78, 5) is 99.1. The third-order valence-electron chi connectivity index (χ3n) is 11.1. The molecule has 2 aromatic carbocycles. The molecule has 2 aromatic heterocycles. The lowest BCUT2D eigenvalue weighted by Gasteiger charge is -2.34. The van der Waals surface area contributed by atoms with E-state index in [1.54, 1.807) is 18.2 Å². The van der Waals surface area contributed by atoms with E-state index in [1.165, 1.54) is 29.8 Å². The van der Waals surface area contributed by atoms with Crippen LogP contribution in [0, 0.1) is 11.8 Å². The van der Waals surface area contributed by atoms with Crippen molar-refractivity contribution < 1.29 is 46.7 Å². The number of hydrogen-bond donors (Lipinski definition) is 3. The van der Waals surface area contributed by atoms with Gasteiger partial charge in [0.25, 0.3) is 17.7 Å². The van der Waals surface area contributed by atoms with Crippen LogP contribution in [0.4, 0.5) is 5.13 Å². The number of piperidine rings is 1. The molecule has 0 spiro atoms. The molecule has 7 rings (SSSR count). The second-order valence-corrected chi connectivity index (χ2v) is 18.5. The molecule has 65 heavy (non-hydrogen) atoms. The summed E-state index contributed by atoms with van der Waals surface area (Å²) in [7, 11) is -3.61. The van der Waals surface area contributed by atoms with Crippen LogP contribution in [0.15, 0.2) is 72.4 Å². The number of aromatic nitrogens is 2. The highest BCUT2D eigenvalue weighted by Gasteiger charge is 2.44. The number of thiazole rings is 1. The second kappa shape index (κ2) is 21.0. The molecule has 1 unspecified atom stereocenters. The second-order valence-electron chi connectivity index (χ2n) is 15.8. The Morgan fingerprint density at radius 2 is 1.74 bits per heavy atom. The van der Waals surface area contributed by atoms with Crippen LogP contribution in [-0.4, -0.2) is 138 Å². The lowest BCUT2D eigenvalue weighted by molar-refractivity contribution is -0.136. The van der Waals surface area contributed by atoms with Crippen LogP contribution in [0.25, 0.3) is 11.3 Å². The number of piperazine rings is 1. The van der Waals surface area contributed by atoms with Crippen molar-refractivity contribution in [2.45, 2.75) is 57.0 Å². The summed E-state index contributed by atoms with van der Waals surface area (Å²) < 4.78 is 30.6. The van der Waals surface area contributed by atoms with E-state index >= 15 is 0 Å². The number of ether oxygens (including phenoxy) is 1. The molecule has 3 aliphatic rings. The van der Waals surface area contributed by atoms with Crippen LogP contribution in [0.5, 0.6) is 0 Å². The van der Waals surface area contributed by atoms with Crippen LogP contribution in [0.3, 0.4) is 0 Å². The minimum atomic E-state index is -3.61. The Morgan fingerprint density at radius 3 is 2.48 bits per heavy atom. The summed E-state index contributed by atoms with van der Waals surface area (Å²) in [6, 6.07) is 13.5. The van der Waals surface area contributed by atoms with Gasteiger partial charge in [0.2, 0.25) is 33.7 Å². The van der Waals surface area contributed by atoms with Gasteiger partial charge in [-0.25, -0.2) is 13.4 Å². The van der Waals surface area contributed by atoms with Crippen LogP contribution in [0.2, 0.25) is 0 Å². The van der Waals surface area contributed by atoms with Crippen molar-refractivity contribution in [3.8, 4) is 23.1 Å². The van der Waals surface area contributed by atoms with Crippen LogP contribution < -0.4 is 16.0 Å². The SMILES string of the molecule is CS(=O)(=O)n1ccc(C(=O)N[C@@H](CCOCCCC(=O)N2CCN(CCCC#Cc3ccc4c(c3)C(=O)N(C3CCC(=O)NC3=O)C4=O)CC2)C(=O)Nc2nc(-c3ccccc3)cs2)c1. The molecule has 0 saturated carbocycles. The summed E-state index contributed by atoms with van der Waals surface area (Å²) >= 11 is 1.24. The zero-order chi connectivity index (χ0) is 46.1. The number of nitrogens with zero attached hydrogens (tertiary/aromatic N) is 5. The molecule has 4 aromatic rings. The van der Waals surface area contributed by atoms with Crippen molar-refractivity contribution in [2.24, 2.45) is 0 Å². The van der Waals surface area contributed by atoms with Gasteiger partial charge in [-0.1, -0.05) is 42.2 Å². The van der Waals surface area contributed by atoms with Crippen molar-refractivity contribution in [3.63, 3.8) is 0 Å². The van der Waals surface area contributed by atoms with Gasteiger partial charge < -0.3 is 20.3 Å². The number of carbonyl (C=O) groups is 7. The first-order valence-electron chi connectivity index (χ1n) is 21.2. The van der Waals surface area contributed by atoms with Gasteiger partial charge in [-0.3, -0.25) is 52.7 Å². The monoisotopic (exact) mass is 924 g/mol. The highest BCUT2D eigenvalue weighted by atomic mass is 32.2. The minimum absolute atomic E-state index is 0.0257. The molecule has 2 saturated heterocycles. The third kappa shape index (κ3) is 11.8. The number of imide groups is 2. The van der Waals surface area contributed by atoms with Crippen molar-refractivity contribution in [3.05, 3.63) is 94.6 Å². The van der Waals surface area contributed by atoms with E-state index in [9.17, 15) is 42.0 Å². The fourth-order valence-electron chi connectivity index (χ4n) is 7.61. The van der Waals surface area contributed by atoms with E-state index in [0.717, 1.165) is 46.7 Å². The molecule has 0 bridgehead atoms. The molecule has 0 radical (unpaired) electrons. The number of hydrogen-bond acceptors (Lipinski definition) is 13. The highest BCUT2D eigenvalue weighted by Crippen LogP contribution is 2.29. The molecule has 340 valence electrons.